The molecule has 0 radical (unpaired) electrons. The highest BCUT2D eigenvalue weighted by Crippen LogP contribution is 2.12. The molecule has 0 aliphatic carbocycles. The minimum atomic E-state index is -0.292. The van der Waals surface area contributed by atoms with E-state index in [9.17, 15) is 4.79 Å². The fraction of sp³-hybridized carbons (Fsp3) is 0.462. The van der Waals surface area contributed by atoms with Gasteiger partial charge in [0.25, 0.3) is 0 Å². The van der Waals surface area contributed by atoms with Crippen LogP contribution in [-0.2, 0) is 11.2 Å². The molecule has 2 N–H and O–H groups in total. The zero-order valence-electron chi connectivity index (χ0n) is 10.5. The van der Waals surface area contributed by atoms with Crippen molar-refractivity contribution in [2.24, 2.45) is 5.73 Å². The maximum Gasteiger partial charge on any atom is 0.231 e. The summed E-state index contributed by atoms with van der Waals surface area (Å²) < 4.78 is 5.37. The van der Waals surface area contributed by atoms with Gasteiger partial charge in [0.1, 0.15) is 5.75 Å². The molecule has 1 amide bonds. The smallest absolute Gasteiger partial charge is 0.231 e. The van der Waals surface area contributed by atoms with Crippen LogP contribution in [0.5, 0.6) is 5.75 Å². The topological polar surface area (TPSA) is 55.6 Å². The highest BCUT2D eigenvalue weighted by atomic mass is 16.5. The monoisotopic (exact) mass is 236 g/mol. The quantitative estimate of drug-likeness (QED) is 0.769. The fourth-order valence-electron chi connectivity index (χ4n) is 1.58. The van der Waals surface area contributed by atoms with Crippen LogP contribution in [0.1, 0.15) is 12.5 Å². The Labute approximate surface area is 102 Å². The van der Waals surface area contributed by atoms with Crippen LogP contribution in [0, 0.1) is 0 Å². The third-order valence-corrected chi connectivity index (χ3v) is 2.44. The Balaban J connectivity index is 2.38. The fourth-order valence-corrected chi connectivity index (χ4v) is 1.58. The van der Waals surface area contributed by atoms with E-state index in [4.69, 9.17) is 10.5 Å². The summed E-state index contributed by atoms with van der Waals surface area (Å²) in [6, 6.07) is 8.02. The van der Waals surface area contributed by atoms with E-state index in [-0.39, 0.29) is 5.91 Å². The van der Waals surface area contributed by atoms with E-state index in [0.717, 1.165) is 18.7 Å². The summed E-state index contributed by atoms with van der Waals surface area (Å²) in [5, 5.41) is 0. The van der Waals surface area contributed by atoms with Crippen LogP contribution >= 0.6 is 0 Å². The van der Waals surface area contributed by atoms with Gasteiger partial charge in [0.15, 0.2) is 0 Å². The first-order valence-corrected chi connectivity index (χ1v) is 5.80. The highest BCUT2D eigenvalue weighted by Gasteiger charge is 2.02. The number of hydrogen-bond donors (Lipinski definition) is 1. The van der Waals surface area contributed by atoms with E-state index >= 15 is 0 Å². The lowest BCUT2D eigenvalue weighted by Crippen LogP contribution is -2.32. The molecule has 0 aliphatic rings. The van der Waals surface area contributed by atoms with E-state index in [0.29, 0.717) is 13.2 Å². The number of nitrogens with zero attached hydrogens (tertiary/aromatic N) is 1. The number of hydrogen-bond acceptors (Lipinski definition) is 3. The van der Waals surface area contributed by atoms with Crippen molar-refractivity contribution in [1.82, 2.24) is 4.90 Å². The average Bonchev–Trinajstić information content (AvgIpc) is 2.28. The average molecular weight is 236 g/mol. The van der Waals surface area contributed by atoms with Crippen LogP contribution in [-0.4, -0.2) is 37.6 Å². The molecule has 0 aliphatic heterocycles. The second kappa shape index (κ2) is 6.91. The lowest BCUT2D eigenvalue weighted by molar-refractivity contribution is -0.118. The Morgan fingerprint density at radius 2 is 2.00 bits per heavy atom. The molecule has 17 heavy (non-hydrogen) atoms. The van der Waals surface area contributed by atoms with E-state index in [1.165, 1.54) is 5.56 Å². The number of benzene rings is 1. The van der Waals surface area contributed by atoms with Crippen LogP contribution < -0.4 is 10.5 Å². The summed E-state index contributed by atoms with van der Waals surface area (Å²) in [6.45, 7) is 3.77. The number of amides is 1. The number of carbonyl (C=O) groups excluding carboxylic acids is 1. The minimum Gasteiger partial charge on any atom is -0.494 e. The number of rotatable bonds is 7. The van der Waals surface area contributed by atoms with Crippen molar-refractivity contribution in [2.75, 3.05) is 26.7 Å². The molecule has 0 spiro atoms. The van der Waals surface area contributed by atoms with Crippen molar-refractivity contribution >= 4 is 5.91 Å². The molecule has 0 heterocycles. The molecule has 0 unspecified atom stereocenters. The number of ether oxygens (including phenoxy) is 1. The van der Waals surface area contributed by atoms with Gasteiger partial charge in [-0.05, 0) is 38.1 Å². The van der Waals surface area contributed by atoms with Gasteiger partial charge in [-0.2, -0.15) is 0 Å². The molecule has 0 atom stereocenters. The predicted octanol–water partition coefficient (Wildman–Crippen LogP) is 1.04. The zero-order chi connectivity index (χ0) is 12.7. The predicted molar refractivity (Wildman–Crippen MR) is 68.0 cm³/mol. The van der Waals surface area contributed by atoms with Crippen LogP contribution in [0.25, 0.3) is 0 Å². The van der Waals surface area contributed by atoms with Gasteiger partial charge in [-0.25, -0.2) is 0 Å². The summed E-state index contributed by atoms with van der Waals surface area (Å²) in [5.74, 6) is 0.598. The molecule has 1 aromatic carbocycles. The van der Waals surface area contributed by atoms with Gasteiger partial charge in [0.2, 0.25) is 5.91 Å². The van der Waals surface area contributed by atoms with Crippen molar-refractivity contribution in [1.29, 1.82) is 0 Å². The molecule has 1 aromatic rings. The summed E-state index contributed by atoms with van der Waals surface area (Å²) in [4.78, 5) is 12.6. The van der Waals surface area contributed by atoms with Crippen LogP contribution in [0.15, 0.2) is 24.3 Å². The van der Waals surface area contributed by atoms with Crippen molar-refractivity contribution < 1.29 is 9.53 Å². The van der Waals surface area contributed by atoms with Crippen molar-refractivity contribution in [3.05, 3.63) is 29.8 Å². The first-order chi connectivity index (χ1) is 8.11. The lowest BCUT2D eigenvalue weighted by Gasteiger charge is -2.14. The first-order valence-electron chi connectivity index (χ1n) is 5.80. The number of likely N-dealkylation sites (N-methyl/N-ethyl adjacent to an activating group) is 1. The summed E-state index contributed by atoms with van der Waals surface area (Å²) in [6.07, 6.45) is 0.899. The Kier molecular flexibility index (Phi) is 5.49. The van der Waals surface area contributed by atoms with Gasteiger partial charge >= 0.3 is 0 Å². The standard InChI is InChI=1S/C13H20N2O2/c1-3-17-12-6-4-11(5-7-12)8-9-15(2)10-13(14)16/h4-7H,3,8-10H2,1-2H3,(H2,14,16). The number of nitrogens with two attached hydrogens (primary N) is 1. The molecule has 0 fully saturated rings. The van der Waals surface area contributed by atoms with Gasteiger partial charge in [0.05, 0.1) is 13.2 Å². The SMILES string of the molecule is CCOc1ccc(CCN(C)CC(N)=O)cc1. The molecule has 0 saturated heterocycles. The van der Waals surface area contributed by atoms with Crippen LogP contribution in [0.3, 0.4) is 0 Å². The van der Waals surface area contributed by atoms with Gasteiger partial charge in [-0.15, -0.1) is 0 Å². The van der Waals surface area contributed by atoms with E-state index in [1.54, 1.807) is 0 Å². The van der Waals surface area contributed by atoms with Gasteiger partial charge < -0.3 is 10.5 Å². The van der Waals surface area contributed by atoms with E-state index < -0.39 is 0 Å². The molecular formula is C13H20N2O2. The summed E-state index contributed by atoms with van der Waals surface area (Å²) >= 11 is 0. The number of primary amides is 1. The molecular weight excluding hydrogens is 216 g/mol. The normalized spacial score (nSPS) is 10.5. The highest BCUT2D eigenvalue weighted by molar-refractivity contribution is 5.75. The molecule has 0 bridgehead atoms. The zero-order valence-corrected chi connectivity index (χ0v) is 10.5. The summed E-state index contributed by atoms with van der Waals surface area (Å²) in [7, 11) is 1.89. The lowest BCUT2D eigenvalue weighted by atomic mass is 10.1. The Bertz CT molecular complexity index is 349. The largest absolute Gasteiger partial charge is 0.494 e. The molecule has 4 nitrogen and oxygen atoms in total. The van der Waals surface area contributed by atoms with Gasteiger partial charge in [-0.3, -0.25) is 9.69 Å². The molecule has 0 saturated carbocycles. The third kappa shape index (κ3) is 5.36. The van der Waals surface area contributed by atoms with Crippen molar-refractivity contribution in [3.8, 4) is 5.75 Å². The van der Waals surface area contributed by atoms with Crippen molar-refractivity contribution in [2.45, 2.75) is 13.3 Å². The Morgan fingerprint density at radius 1 is 1.35 bits per heavy atom. The molecule has 94 valence electrons. The molecule has 0 aromatic heterocycles. The van der Waals surface area contributed by atoms with E-state index in [2.05, 4.69) is 0 Å². The molecule has 4 heteroatoms. The third-order valence-electron chi connectivity index (χ3n) is 2.44. The second-order valence-corrected chi connectivity index (χ2v) is 4.03. The molecule has 1 rings (SSSR count). The van der Waals surface area contributed by atoms with Crippen LogP contribution in [0.4, 0.5) is 0 Å². The van der Waals surface area contributed by atoms with Crippen molar-refractivity contribution in [3.63, 3.8) is 0 Å². The summed E-state index contributed by atoms with van der Waals surface area (Å²) in [5.41, 5.74) is 6.35. The minimum absolute atomic E-state index is 0.292. The Hall–Kier alpha value is -1.55. The van der Waals surface area contributed by atoms with Gasteiger partial charge in [0, 0.05) is 6.54 Å². The first kappa shape index (κ1) is 13.5. The second-order valence-electron chi connectivity index (χ2n) is 4.03. The van der Waals surface area contributed by atoms with Crippen LogP contribution in [0.2, 0.25) is 0 Å². The number of carbonyl (C=O) groups is 1. The Morgan fingerprint density at radius 3 is 2.53 bits per heavy atom. The maximum absolute atomic E-state index is 10.7. The maximum atomic E-state index is 10.7. The van der Waals surface area contributed by atoms with Gasteiger partial charge in [-0.1, -0.05) is 12.1 Å². The van der Waals surface area contributed by atoms with E-state index in [1.807, 2.05) is 43.1 Å².